The Hall–Kier alpha value is -0.710. The maximum Gasteiger partial charge on any atom is 0.332 e. The quantitative estimate of drug-likeness (QED) is 0.603. The zero-order chi connectivity index (χ0) is 10.3. The smallest absolute Gasteiger partial charge is 0.332 e. The van der Waals surface area contributed by atoms with Crippen molar-refractivity contribution in [2.45, 2.75) is 23.6 Å². The van der Waals surface area contributed by atoms with E-state index in [2.05, 4.69) is 4.99 Å². The van der Waals surface area contributed by atoms with Gasteiger partial charge in [-0.1, -0.05) is 11.8 Å². The van der Waals surface area contributed by atoms with Crippen molar-refractivity contribution in [3.8, 4) is 0 Å². The van der Waals surface area contributed by atoms with Crippen LogP contribution in [0.3, 0.4) is 0 Å². The van der Waals surface area contributed by atoms with Crippen molar-refractivity contribution in [3.05, 3.63) is 0 Å². The minimum Gasteiger partial charge on any atom is -0.467 e. The number of hydrogen-bond donors (Lipinski definition) is 0. The van der Waals surface area contributed by atoms with Crippen LogP contribution in [0, 0.1) is 0 Å². The fourth-order valence-corrected chi connectivity index (χ4v) is 2.85. The van der Waals surface area contributed by atoms with Crippen LogP contribution in [-0.2, 0) is 9.53 Å². The summed E-state index contributed by atoms with van der Waals surface area (Å²) in [6.07, 6.45) is 2.14. The molecule has 78 valence electrons. The van der Waals surface area contributed by atoms with Crippen LogP contribution in [0.15, 0.2) is 4.99 Å². The third kappa shape index (κ3) is 1.39. The number of nitrogens with zero attached hydrogens (tertiary/aromatic N) is 2. The van der Waals surface area contributed by atoms with Crippen molar-refractivity contribution in [3.63, 3.8) is 0 Å². The van der Waals surface area contributed by atoms with Crippen LogP contribution in [0.25, 0.3) is 0 Å². The van der Waals surface area contributed by atoms with Crippen molar-refractivity contribution < 1.29 is 9.53 Å². The highest BCUT2D eigenvalue weighted by Crippen LogP contribution is 2.56. The average molecular weight is 214 g/mol. The molecule has 1 fully saturated rings. The number of amidine groups is 1. The first kappa shape index (κ1) is 9.83. The molecule has 1 saturated carbocycles. The van der Waals surface area contributed by atoms with Gasteiger partial charge in [-0.2, -0.15) is 0 Å². The number of thioether (sulfide) groups is 1. The summed E-state index contributed by atoms with van der Waals surface area (Å²) < 4.78 is 4.79. The molecule has 2 aliphatic rings. The monoisotopic (exact) mass is 214 g/mol. The highest BCUT2D eigenvalue weighted by molar-refractivity contribution is 8.15. The summed E-state index contributed by atoms with van der Waals surface area (Å²) in [7, 11) is 5.31. The molecule has 0 aromatic heterocycles. The molecular weight excluding hydrogens is 200 g/mol. The van der Waals surface area contributed by atoms with Gasteiger partial charge in [0.05, 0.1) is 11.9 Å². The first-order valence-corrected chi connectivity index (χ1v) is 5.43. The number of rotatable bonds is 1. The molecule has 14 heavy (non-hydrogen) atoms. The van der Waals surface area contributed by atoms with Crippen LogP contribution in [0.4, 0.5) is 0 Å². The minimum atomic E-state index is -0.283. The molecule has 1 spiro atoms. The minimum absolute atomic E-state index is 0.0344. The second kappa shape index (κ2) is 3.15. The van der Waals surface area contributed by atoms with Gasteiger partial charge in [0.25, 0.3) is 0 Å². The average Bonchev–Trinajstić information content (AvgIpc) is 2.78. The molecule has 1 heterocycles. The number of aliphatic imine (C=N–C) groups is 1. The third-order valence-corrected chi connectivity index (χ3v) is 4.27. The summed E-state index contributed by atoms with van der Waals surface area (Å²) in [5.41, 5.74) is 0. The number of esters is 1. The predicted octanol–water partition coefficient (Wildman–Crippen LogP) is 0.725. The van der Waals surface area contributed by atoms with E-state index in [0.29, 0.717) is 0 Å². The van der Waals surface area contributed by atoms with Crippen LogP contribution in [0.2, 0.25) is 0 Å². The molecule has 0 aromatic carbocycles. The summed E-state index contributed by atoms with van der Waals surface area (Å²) in [6.45, 7) is 0. The Bertz CT molecular complexity index is 297. The summed E-state index contributed by atoms with van der Waals surface area (Å²) in [6, 6.07) is -0.283. The van der Waals surface area contributed by atoms with Gasteiger partial charge in [0.1, 0.15) is 0 Å². The van der Waals surface area contributed by atoms with E-state index in [1.807, 2.05) is 19.0 Å². The number of carbonyl (C=O) groups excluding carboxylic acids is 1. The van der Waals surface area contributed by atoms with Gasteiger partial charge in [0.15, 0.2) is 11.2 Å². The molecule has 5 heteroatoms. The largest absolute Gasteiger partial charge is 0.467 e. The molecule has 1 aliphatic heterocycles. The lowest BCUT2D eigenvalue weighted by Gasteiger charge is -2.13. The van der Waals surface area contributed by atoms with E-state index in [4.69, 9.17) is 4.74 Å². The number of hydrogen-bond acceptors (Lipinski definition) is 5. The number of carbonyl (C=O) groups is 1. The Labute approximate surface area is 87.7 Å². The molecule has 1 atom stereocenters. The van der Waals surface area contributed by atoms with E-state index in [-0.39, 0.29) is 16.8 Å². The lowest BCUT2D eigenvalue weighted by molar-refractivity contribution is -0.142. The third-order valence-electron chi connectivity index (χ3n) is 2.58. The molecule has 0 N–H and O–H groups in total. The Morgan fingerprint density at radius 3 is 2.71 bits per heavy atom. The molecule has 0 saturated heterocycles. The van der Waals surface area contributed by atoms with Crippen molar-refractivity contribution >= 4 is 22.9 Å². The zero-order valence-corrected chi connectivity index (χ0v) is 9.43. The van der Waals surface area contributed by atoms with E-state index < -0.39 is 0 Å². The Balaban J connectivity index is 2.18. The Morgan fingerprint density at radius 2 is 2.29 bits per heavy atom. The maximum absolute atomic E-state index is 11.5. The number of methoxy groups -OCH3 is 1. The summed E-state index contributed by atoms with van der Waals surface area (Å²) in [5.74, 6) is -0.202. The molecule has 0 aromatic rings. The summed E-state index contributed by atoms with van der Waals surface area (Å²) in [5, 5.41) is 0.943. The molecule has 0 bridgehead atoms. The zero-order valence-electron chi connectivity index (χ0n) is 8.61. The highest BCUT2D eigenvalue weighted by atomic mass is 32.2. The number of ether oxygens (including phenoxy) is 1. The van der Waals surface area contributed by atoms with Crippen LogP contribution in [0.5, 0.6) is 0 Å². The lowest BCUT2D eigenvalue weighted by atomic mass is 10.2. The molecule has 4 nitrogen and oxygen atoms in total. The van der Waals surface area contributed by atoms with E-state index >= 15 is 0 Å². The van der Waals surface area contributed by atoms with Gasteiger partial charge in [0, 0.05) is 14.1 Å². The summed E-state index contributed by atoms with van der Waals surface area (Å²) in [4.78, 5) is 17.8. The molecule has 2 rings (SSSR count). The first-order valence-electron chi connectivity index (χ1n) is 4.61. The van der Waals surface area contributed by atoms with Crippen molar-refractivity contribution in [2.75, 3.05) is 21.2 Å². The Kier molecular flexibility index (Phi) is 2.21. The van der Waals surface area contributed by atoms with E-state index in [1.54, 1.807) is 11.8 Å². The van der Waals surface area contributed by atoms with Crippen LogP contribution < -0.4 is 0 Å². The molecule has 0 amide bonds. The van der Waals surface area contributed by atoms with E-state index in [9.17, 15) is 4.79 Å². The molecule has 0 radical (unpaired) electrons. The Morgan fingerprint density at radius 1 is 1.64 bits per heavy atom. The van der Waals surface area contributed by atoms with Crippen molar-refractivity contribution in [1.29, 1.82) is 0 Å². The van der Waals surface area contributed by atoms with E-state index in [0.717, 1.165) is 18.0 Å². The predicted molar refractivity (Wildman–Crippen MR) is 56.5 cm³/mol. The van der Waals surface area contributed by atoms with Crippen LogP contribution in [-0.4, -0.2) is 48.0 Å². The van der Waals surface area contributed by atoms with Crippen molar-refractivity contribution in [1.82, 2.24) is 4.90 Å². The standard InChI is InChI=1S/C9H14N2O2S/c1-11(2)8-10-6(7(12)13-3)9(14-8)4-5-9/h6H,4-5H2,1-3H3. The second-order valence-electron chi connectivity index (χ2n) is 3.90. The SMILES string of the molecule is COC(=O)C1N=C(N(C)C)SC12CC2. The molecule has 1 aliphatic carbocycles. The lowest BCUT2D eigenvalue weighted by Crippen LogP contribution is -2.29. The maximum atomic E-state index is 11.5. The van der Waals surface area contributed by atoms with Gasteiger partial charge in [-0.15, -0.1) is 0 Å². The van der Waals surface area contributed by atoms with Gasteiger partial charge < -0.3 is 9.64 Å². The summed E-state index contributed by atoms with van der Waals surface area (Å²) >= 11 is 1.71. The van der Waals surface area contributed by atoms with Crippen LogP contribution >= 0.6 is 11.8 Å². The molecular formula is C9H14N2O2S. The normalized spacial score (nSPS) is 27.4. The second-order valence-corrected chi connectivity index (χ2v) is 5.28. The first-order chi connectivity index (χ1) is 6.59. The van der Waals surface area contributed by atoms with Gasteiger partial charge in [-0.05, 0) is 12.8 Å². The van der Waals surface area contributed by atoms with Gasteiger partial charge in [0.2, 0.25) is 0 Å². The van der Waals surface area contributed by atoms with Gasteiger partial charge in [-0.25, -0.2) is 9.79 Å². The van der Waals surface area contributed by atoms with Gasteiger partial charge >= 0.3 is 5.97 Å². The van der Waals surface area contributed by atoms with Crippen LogP contribution in [0.1, 0.15) is 12.8 Å². The fraction of sp³-hybridized carbons (Fsp3) is 0.778. The highest BCUT2D eigenvalue weighted by Gasteiger charge is 2.58. The topological polar surface area (TPSA) is 41.9 Å². The fourth-order valence-electron chi connectivity index (χ4n) is 1.58. The van der Waals surface area contributed by atoms with E-state index in [1.165, 1.54) is 7.11 Å². The van der Waals surface area contributed by atoms with Crippen molar-refractivity contribution in [2.24, 2.45) is 4.99 Å². The molecule has 1 unspecified atom stereocenters. The van der Waals surface area contributed by atoms with Gasteiger partial charge in [-0.3, -0.25) is 0 Å².